The minimum absolute atomic E-state index is 0.113. The van der Waals surface area contributed by atoms with Crippen molar-refractivity contribution in [2.24, 2.45) is 4.99 Å². The Morgan fingerprint density at radius 1 is 1.07 bits per heavy atom. The Kier molecular flexibility index (Phi) is 6.59. The fraction of sp³-hybridized carbons (Fsp3) is 0.133. The van der Waals surface area contributed by atoms with E-state index in [1.807, 2.05) is 42.5 Å². The maximum absolute atomic E-state index is 14.2. The van der Waals surface area contributed by atoms with Gasteiger partial charge in [0.05, 0.1) is 35.2 Å². The summed E-state index contributed by atoms with van der Waals surface area (Å²) in [6, 6.07) is 19.3. The van der Waals surface area contributed by atoms with Gasteiger partial charge >= 0.3 is 5.97 Å². The number of amides is 1. The van der Waals surface area contributed by atoms with Gasteiger partial charge in [0.25, 0.3) is 11.5 Å². The van der Waals surface area contributed by atoms with Crippen molar-refractivity contribution in [2.45, 2.75) is 13.0 Å². The summed E-state index contributed by atoms with van der Waals surface area (Å²) >= 11 is 4.55. The molecule has 40 heavy (non-hydrogen) atoms. The minimum Gasteiger partial charge on any atom is -0.463 e. The molecule has 0 radical (unpaired) electrons. The molecule has 0 unspecified atom stereocenters. The predicted molar refractivity (Wildman–Crippen MR) is 154 cm³/mol. The lowest BCUT2D eigenvalue weighted by Crippen LogP contribution is -2.40. The third kappa shape index (κ3) is 4.15. The highest BCUT2D eigenvalue weighted by molar-refractivity contribution is 9.10. The number of carbonyl (C=O) groups excluding carboxylic acids is 2. The van der Waals surface area contributed by atoms with Crippen LogP contribution < -0.4 is 19.8 Å². The first-order valence-corrected chi connectivity index (χ1v) is 14.1. The van der Waals surface area contributed by atoms with Gasteiger partial charge in [0.15, 0.2) is 4.80 Å². The molecule has 0 saturated heterocycles. The lowest BCUT2D eigenvalue weighted by molar-refractivity contribution is -0.138. The van der Waals surface area contributed by atoms with Gasteiger partial charge in [-0.25, -0.2) is 14.2 Å². The number of nitrogens with zero attached hydrogens (tertiary/aromatic N) is 3. The summed E-state index contributed by atoms with van der Waals surface area (Å²) < 4.78 is 21.8. The van der Waals surface area contributed by atoms with Crippen molar-refractivity contribution in [3.05, 3.63) is 125 Å². The first kappa shape index (κ1) is 26.1. The van der Waals surface area contributed by atoms with Crippen LogP contribution in [-0.4, -0.2) is 30.1 Å². The zero-order valence-electron chi connectivity index (χ0n) is 21.4. The van der Waals surface area contributed by atoms with Crippen LogP contribution in [0.15, 0.2) is 92.6 Å². The monoisotopic (exact) mass is 617 g/mol. The van der Waals surface area contributed by atoms with Crippen molar-refractivity contribution in [1.29, 1.82) is 0 Å². The lowest BCUT2D eigenvalue weighted by atomic mass is 9.93. The van der Waals surface area contributed by atoms with Crippen molar-refractivity contribution in [3.63, 3.8) is 0 Å². The number of hydrogen-bond donors (Lipinski definition) is 0. The molecule has 2 aliphatic heterocycles. The van der Waals surface area contributed by atoms with Gasteiger partial charge in [-0.1, -0.05) is 69.7 Å². The summed E-state index contributed by atoms with van der Waals surface area (Å²) in [5.74, 6) is -1.40. The molecule has 1 aromatic heterocycles. The number of thiazole rings is 1. The molecular formula is C30H21BrFN3O4S. The summed E-state index contributed by atoms with van der Waals surface area (Å²) in [7, 11) is 1.66. The predicted octanol–water partition coefficient (Wildman–Crippen LogP) is 4.18. The average Bonchev–Trinajstić information content (AvgIpc) is 3.40. The van der Waals surface area contributed by atoms with Gasteiger partial charge in [-0.15, -0.1) is 0 Å². The molecule has 0 bridgehead atoms. The van der Waals surface area contributed by atoms with E-state index in [9.17, 15) is 18.8 Å². The number of esters is 1. The zero-order chi connectivity index (χ0) is 28.1. The second-order valence-electron chi connectivity index (χ2n) is 9.20. The van der Waals surface area contributed by atoms with Gasteiger partial charge in [0, 0.05) is 22.6 Å². The summed E-state index contributed by atoms with van der Waals surface area (Å²) in [6.07, 6.45) is 0. The number of fused-ring (bicyclic) bond motifs is 2. The first-order chi connectivity index (χ1) is 19.3. The second kappa shape index (κ2) is 10.1. The van der Waals surface area contributed by atoms with E-state index in [1.54, 1.807) is 20.0 Å². The largest absolute Gasteiger partial charge is 0.463 e. The number of hydrogen-bond acceptors (Lipinski definition) is 6. The molecule has 4 aromatic rings. The number of aromatic nitrogens is 1. The van der Waals surface area contributed by atoms with Gasteiger partial charge in [0.2, 0.25) is 0 Å². The number of benzene rings is 3. The quantitative estimate of drug-likeness (QED) is 0.322. The van der Waals surface area contributed by atoms with E-state index in [0.29, 0.717) is 32.9 Å². The average molecular weight is 618 g/mol. The molecule has 3 heterocycles. The van der Waals surface area contributed by atoms with Crippen molar-refractivity contribution in [1.82, 2.24) is 4.57 Å². The molecule has 3 aromatic carbocycles. The Labute approximate surface area is 240 Å². The number of carbonyl (C=O) groups is 2. The van der Waals surface area contributed by atoms with Crippen LogP contribution in [0.25, 0.3) is 11.3 Å². The fourth-order valence-electron chi connectivity index (χ4n) is 5.06. The fourth-order valence-corrected chi connectivity index (χ4v) is 6.52. The van der Waals surface area contributed by atoms with Crippen LogP contribution in [0.5, 0.6) is 0 Å². The van der Waals surface area contributed by atoms with Crippen molar-refractivity contribution in [3.8, 4) is 0 Å². The standard InChI is InChI=1S/C30H21BrFN3O4S/c1-3-39-29(38)23-24(16-7-5-4-6-8-16)33-30-35(25(23)17-9-12-19(32)13-10-17)28(37)26(40-30)22-20-15-18(31)11-14-21(20)34(2)27(22)36/h4-15,25H,3H2,1-2H3/b26-22-/t25-/m0/s1. The third-order valence-corrected chi connectivity index (χ3v) is 8.42. The molecule has 0 aliphatic carbocycles. The highest BCUT2D eigenvalue weighted by Crippen LogP contribution is 2.37. The van der Waals surface area contributed by atoms with Crippen LogP contribution in [-0.2, 0) is 14.3 Å². The van der Waals surface area contributed by atoms with Gasteiger partial charge in [-0.3, -0.25) is 14.2 Å². The van der Waals surface area contributed by atoms with Crippen molar-refractivity contribution < 1.29 is 18.7 Å². The number of likely N-dealkylation sites (N-methyl/N-ethyl adjacent to an activating group) is 1. The highest BCUT2D eigenvalue weighted by atomic mass is 79.9. The SMILES string of the molecule is CCOC(=O)C1=C(c2ccccc2)N=c2s/c(=C3\C(=O)N(C)c4ccc(Br)cc43)c(=O)n2[C@H]1c1ccc(F)cc1. The van der Waals surface area contributed by atoms with E-state index in [2.05, 4.69) is 15.9 Å². The molecule has 0 fully saturated rings. The van der Waals surface area contributed by atoms with Gasteiger partial charge in [0.1, 0.15) is 10.3 Å². The highest BCUT2D eigenvalue weighted by Gasteiger charge is 2.37. The van der Waals surface area contributed by atoms with E-state index in [1.165, 1.54) is 33.7 Å². The van der Waals surface area contributed by atoms with Crippen LogP contribution in [0.4, 0.5) is 10.1 Å². The molecule has 200 valence electrons. The Morgan fingerprint density at radius 2 is 1.80 bits per heavy atom. The molecule has 1 atom stereocenters. The summed E-state index contributed by atoms with van der Waals surface area (Å²) in [6.45, 7) is 1.81. The van der Waals surface area contributed by atoms with E-state index in [4.69, 9.17) is 9.73 Å². The second-order valence-corrected chi connectivity index (χ2v) is 11.1. The number of rotatable bonds is 4. The van der Waals surface area contributed by atoms with Gasteiger partial charge < -0.3 is 9.64 Å². The minimum atomic E-state index is -0.961. The lowest BCUT2D eigenvalue weighted by Gasteiger charge is -2.25. The number of ether oxygens (including phenoxy) is 1. The van der Waals surface area contributed by atoms with Crippen molar-refractivity contribution in [2.75, 3.05) is 18.6 Å². The normalized spacial score (nSPS) is 17.4. The number of anilines is 1. The maximum Gasteiger partial charge on any atom is 0.338 e. The Balaban J connectivity index is 1.73. The maximum atomic E-state index is 14.2. The van der Waals surface area contributed by atoms with Crippen LogP contribution >= 0.6 is 27.3 Å². The summed E-state index contributed by atoms with van der Waals surface area (Å²) in [5, 5.41) is 0. The Bertz CT molecular complexity index is 1910. The van der Waals surface area contributed by atoms with Crippen LogP contribution in [0.2, 0.25) is 0 Å². The third-order valence-electron chi connectivity index (χ3n) is 6.87. The smallest absolute Gasteiger partial charge is 0.338 e. The van der Waals surface area contributed by atoms with Crippen LogP contribution in [0.1, 0.15) is 29.7 Å². The van der Waals surface area contributed by atoms with E-state index in [-0.39, 0.29) is 28.2 Å². The van der Waals surface area contributed by atoms with Crippen molar-refractivity contribution >= 4 is 56.1 Å². The van der Waals surface area contributed by atoms with Crippen LogP contribution in [0, 0.1) is 5.82 Å². The topological polar surface area (TPSA) is 81.0 Å². The molecule has 7 nitrogen and oxygen atoms in total. The van der Waals surface area contributed by atoms with E-state index < -0.39 is 23.4 Å². The molecule has 10 heteroatoms. The molecule has 1 amide bonds. The number of halogens is 2. The molecule has 0 spiro atoms. The molecule has 0 saturated carbocycles. The van der Waals surface area contributed by atoms with Gasteiger partial charge in [-0.2, -0.15) is 0 Å². The first-order valence-electron chi connectivity index (χ1n) is 12.4. The Hall–Kier alpha value is -4.15. The Morgan fingerprint density at radius 3 is 2.50 bits per heavy atom. The summed E-state index contributed by atoms with van der Waals surface area (Å²) in [4.78, 5) is 47.8. The molecule has 2 aliphatic rings. The molecule has 0 N–H and O–H groups in total. The zero-order valence-corrected chi connectivity index (χ0v) is 23.8. The molecular weight excluding hydrogens is 597 g/mol. The van der Waals surface area contributed by atoms with Gasteiger partial charge in [-0.05, 0) is 42.8 Å². The van der Waals surface area contributed by atoms with E-state index in [0.717, 1.165) is 15.8 Å². The van der Waals surface area contributed by atoms with E-state index >= 15 is 0 Å². The summed E-state index contributed by atoms with van der Waals surface area (Å²) in [5.41, 5.74) is 2.76. The molecule has 6 rings (SSSR count). The van der Waals surface area contributed by atoms with Crippen LogP contribution in [0.3, 0.4) is 0 Å².